The van der Waals surface area contributed by atoms with Gasteiger partial charge in [-0.15, -0.1) is 24.0 Å². The van der Waals surface area contributed by atoms with Gasteiger partial charge >= 0.3 is 0 Å². The number of aromatic nitrogens is 1. The number of hydrogen-bond donors (Lipinski definition) is 2. The van der Waals surface area contributed by atoms with E-state index >= 15 is 0 Å². The largest absolute Gasteiger partial charge is 0.493 e. The number of benzene rings is 1. The topological polar surface area (TPSA) is 76.9 Å². The number of pyridine rings is 1. The molecule has 1 aromatic carbocycles. The van der Waals surface area contributed by atoms with E-state index in [1.807, 2.05) is 38.1 Å². The van der Waals surface area contributed by atoms with Gasteiger partial charge in [0, 0.05) is 43.7 Å². The first-order valence-electron chi connectivity index (χ1n) is 9.54. The molecule has 0 aliphatic heterocycles. The van der Waals surface area contributed by atoms with E-state index in [1.165, 1.54) is 0 Å². The first kappa shape index (κ1) is 24.8. The fraction of sp³-hybridized carbons (Fsp3) is 0.429. The standard InChI is InChI=1S/C21H30N4O3.HI/c1-5-28-19-15-17(11-12-18(19)27-4)24-21(22-3)23-13-6-7-14-25-16(2)9-8-10-20(25)26;/h8-12,15H,5-7,13-14H2,1-4H3,(H2,22,23,24);1H. The molecule has 0 spiro atoms. The molecule has 1 heterocycles. The Morgan fingerprint density at radius 1 is 1.17 bits per heavy atom. The molecular formula is C21H31IN4O3. The van der Waals surface area contributed by atoms with Crippen LogP contribution in [0.2, 0.25) is 0 Å². The Hall–Kier alpha value is -2.23. The number of nitrogens with one attached hydrogen (secondary N) is 2. The van der Waals surface area contributed by atoms with Crippen molar-refractivity contribution in [2.45, 2.75) is 33.2 Å². The first-order valence-corrected chi connectivity index (χ1v) is 9.54. The number of rotatable bonds is 9. The number of ether oxygens (including phenoxy) is 2. The van der Waals surface area contributed by atoms with E-state index in [-0.39, 0.29) is 29.5 Å². The highest BCUT2D eigenvalue weighted by atomic mass is 127. The van der Waals surface area contributed by atoms with Gasteiger partial charge in [-0.25, -0.2) is 0 Å². The SMILES string of the molecule is CCOc1cc(NC(=NC)NCCCCn2c(C)cccc2=O)ccc1OC.I. The second-order valence-electron chi connectivity index (χ2n) is 6.29. The van der Waals surface area contributed by atoms with Crippen molar-refractivity contribution in [2.24, 2.45) is 4.99 Å². The molecule has 0 fully saturated rings. The van der Waals surface area contributed by atoms with Gasteiger partial charge in [0.2, 0.25) is 0 Å². The second kappa shape index (κ2) is 13.1. The van der Waals surface area contributed by atoms with Gasteiger partial charge < -0.3 is 24.7 Å². The Kier molecular flexibility index (Phi) is 11.2. The maximum absolute atomic E-state index is 11.9. The molecule has 1 aromatic heterocycles. The molecule has 0 saturated heterocycles. The van der Waals surface area contributed by atoms with E-state index < -0.39 is 0 Å². The maximum Gasteiger partial charge on any atom is 0.250 e. The highest BCUT2D eigenvalue weighted by Crippen LogP contribution is 2.30. The Balaban J connectivity index is 0.00000420. The molecule has 0 unspecified atom stereocenters. The summed E-state index contributed by atoms with van der Waals surface area (Å²) in [6.45, 7) is 5.93. The number of anilines is 1. The molecule has 2 aromatic rings. The Labute approximate surface area is 189 Å². The number of methoxy groups -OCH3 is 1. The number of unbranched alkanes of at least 4 members (excludes halogenated alkanes) is 1. The van der Waals surface area contributed by atoms with Crippen LogP contribution in [0, 0.1) is 6.92 Å². The number of hydrogen-bond acceptors (Lipinski definition) is 4. The molecule has 0 amide bonds. The van der Waals surface area contributed by atoms with Crippen molar-refractivity contribution in [3.05, 3.63) is 52.4 Å². The molecule has 2 N–H and O–H groups in total. The predicted octanol–water partition coefficient (Wildman–Crippen LogP) is 3.65. The fourth-order valence-corrected chi connectivity index (χ4v) is 2.85. The van der Waals surface area contributed by atoms with Crippen molar-refractivity contribution in [3.8, 4) is 11.5 Å². The summed E-state index contributed by atoms with van der Waals surface area (Å²) >= 11 is 0. The third-order valence-electron chi connectivity index (χ3n) is 4.32. The third-order valence-corrected chi connectivity index (χ3v) is 4.32. The number of aliphatic imine (C=N–C) groups is 1. The molecule has 0 aliphatic rings. The molecule has 29 heavy (non-hydrogen) atoms. The minimum Gasteiger partial charge on any atom is -0.493 e. The van der Waals surface area contributed by atoms with E-state index in [4.69, 9.17) is 9.47 Å². The van der Waals surface area contributed by atoms with Crippen LogP contribution in [0.15, 0.2) is 46.2 Å². The summed E-state index contributed by atoms with van der Waals surface area (Å²) in [4.78, 5) is 16.1. The lowest BCUT2D eigenvalue weighted by atomic mass is 10.2. The van der Waals surface area contributed by atoms with Crippen molar-refractivity contribution >= 4 is 35.6 Å². The lowest BCUT2D eigenvalue weighted by Crippen LogP contribution is -2.31. The zero-order valence-corrected chi connectivity index (χ0v) is 19.9. The molecule has 8 heteroatoms. The van der Waals surface area contributed by atoms with E-state index in [0.717, 1.165) is 37.3 Å². The molecule has 0 radical (unpaired) electrons. The average Bonchev–Trinajstić information content (AvgIpc) is 2.69. The van der Waals surface area contributed by atoms with Crippen molar-refractivity contribution in [2.75, 3.05) is 32.6 Å². The fourth-order valence-electron chi connectivity index (χ4n) is 2.85. The summed E-state index contributed by atoms with van der Waals surface area (Å²) in [7, 11) is 3.35. The van der Waals surface area contributed by atoms with E-state index in [9.17, 15) is 4.79 Å². The first-order chi connectivity index (χ1) is 13.6. The number of guanidine groups is 1. The van der Waals surface area contributed by atoms with Crippen LogP contribution < -0.4 is 25.7 Å². The minimum absolute atomic E-state index is 0. The zero-order valence-electron chi connectivity index (χ0n) is 17.5. The molecule has 0 aliphatic carbocycles. The van der Waals surface area contributed by atoms with E-state index in [2.05, 4.69) is 15.6 Å². The Bertz CT molecular complexity index is 852. The van der Waals surface area contributed by atoms with Crippen molar-refractivity contribution < 1.29 is 9.47 Å². The molecule has 0 atom stereocenters. The summed E-state index contributed by atoms with van der Waals surface area (Å²) in [6.07, 6.45) is 1.83. The van der Waals surface area contributed by atoms with Crippen LogP contribution in [0.1, 0.15) is 25.5 Å². The van der Waals surface area contributed by atoms with Gasteiger partial charge in [0.25, 0.3) is 5.56 Å². The van der Waals surface area contributed by atoms with Crippen LogP contribution in [0.5, 0.6) is 11.5 Å². The Morgan fingerprint density at radius 2 is 1.97 bits per heavy atom. The van der Waals surface area contributed by atoms with Crippen LogP contribution in [0.25, 0.3) is 0 Å². The number of aryl methyl sites for hydroxylation is 1. The maximum atomic E-state index is 11.9. The number of halogens is 1. The van der Waals surface area contributed by atoms with Crippen LogP contribution in [-0.4, -0.2) is 37.8 Å². The van der Waals surface area contributed by atoms with E-state index in [0.29, 0.717) is 24.1 Å². The van der Waals surface area contributed by atoms with Gasteiger partial charge in [-0.3, -0.25) is 9.79 Å². The summed E-state index contributed by atoms with van der Waals surface area (Å²) in [6, 6.07) is 11.0. The molecule has 0 bridgehead atoms. The van der Waals surface area contributed by atoms with Gasteiger partial charge in [0.1, 0.15) is 0 Å². The lowest BCUT2D eigenvalue weighted by Gasteiger charge is -2.15. The normalized spacial score (nSPS) is 10.8. The number of nitrogens with zero attached hydrogens (tertiary/aromatic N) is 2. The molecule has 160 valence electrons. The van der Waals surface area contributed by atoms with Gasteiger partial charge in [-0.2, -0.15) is 0 Å². The van der Waals surface area contributed by atoms with Gasteiger partial charge in [-0.05, 0) is 44.9 Å². The second-order valence-corrected chi connectivity index (χ2v) is 6.29. The lowest BCUT2D eigenvalue weighted by molar-refractivity contribution is 0.311. The van der Waals surface area contributed by atoms with Crippen molar-refractivity contribution in [1.82, 2.24) is 9.88 Å². The summed E-state index contributed by atoms with van der Waals surface area (Å²) in [5.74, 6) is 2.07. The van der Waals surface area contributed by atoms with Crippen molar-refractivity contribution in [3.63, 3.8) is 0 Å². The Morgan fingerprint density at radius 3 is 2.62 bits per heavy atom. The molecule has 7 nitrogen and oxygen atoms in total. The quantitative estimate of drug-likeness (QED) is 0.231. The van der Waals surface area contributed by atoms with Gasteiger partial charge in [0.15, 0.2) is 17.5 Å². The summed E-state index contributed by atoms with van der Waals surface area (Å²) in [5.41, 5.74) is 1.90. The van der Waals surface area contributed by atoms with Crippen LogP contribution >= 0.6 is 24.0 Å². The van der Waals surface area contributed by atoms with Crippen molar-refractivity contribution in [1.29, 1.82) is 0 Å². The van der Waals surface area contributed by atoms with Gasteiger partial charge in [-0.1, -0.05) is 6.07 Å². The minimum atomic E-state index is 0. The average molecular weight is 514 g/mol. The summed E-state index contributed by atoms with van der Waals surface area (Å²) in [5, 5.41) is 6.55. The van der Waals surface area contributed by atoms with Crippen LogP contribution in [-0.2, 0) is 6.54 Å². The summed E-state index contributed by atoms with van der Waals surface area (Å²) < 4.78 is 12.7. The smallest absolute Gasteiger partial charge is 0.250 e. The predicted molar refractivity (Wildman–Crippen MR) is 129 cm³/mol. The highest BCUT2D eigenvalue weighted by molar-refractivity contribution is 14.0. The monoisotopic (exact) mass is 514 g/mol. The highest BCUT2D eigenvalue weighted by Gasteiger charge is 2.07. The molecule has 2 rings (SSSR count). The molecule has 0 saturated carbocycles. The van der Waals surface area contributed by atoms with Gasteiger partial charge in [0.05, 0.1) is 13.7 Å². The van der Waals surface area contributed by atoms with Crippen LogP contribution in [0.4, 0.5) is 5.69 Å². The molecular weight excluding hydrogens is 483 g/mol. The third kappa shape index (κ3) is 7.60. The zero-order chi connectivity index (χ0) is 20.4. The van der Waals surface area contributed by atoms with Crippen LogP contribution in [0.3, 0.4) is 0 Å². The van der Waals surface area contributed by atoms with E-state index in [1.54, 1.807) is 30.9 Å².